The molecule has 0 spiro atoms. The highest BCUT2D eigenvalue weighted by atomic mass is 32.2. The Bertz CT molecular complexity index is 1190. The van der Waals surface area contributed by atoms with Gasteiger partial charge in [0.25, 0.3) is 5.69 Å². The summed E-state index contributed by atoms with van der Waals surface area (Å²) in [6, 6.07) is 10.4. The number of ether oxygens (including phenoxy) is 1. The van der Waals surface area contributed by atoms with Gasteiger partial charge in [-0.05, 0) is 43.5 Å². The van der Waals surface area contributed by atoms with Crippen molar-refractivity contribution in [2.75, 3.05) is 11.1 Å². The number of allylic oxidation sites excluding steroid dienone is 1. The monoisotopic (exact) mass is 467 g/mol. The van der Waals surface area contributed by atoms with E-state index in [4.69, 9.17) is 4.74 Å². The molecule has 3 aromatic rings. The van der Waals surface area contributed by atoms with E-state index in [0.29, 0.717) is 23.2 Å². The number of rotatable bonds is 10. The quantitative estimate of drug-likeness (QED) is 0.201. The Hall–Kier alpha value is -3.66. The fourth-order valence-electron chi connectivity index (χ4n) is 3.02. The molecule has 9 nitrogen and oxygen atoms in total. The van der Waals surface area contributed by atoms with Crippen LogP contribution >= 0.6 is 11.8 Å². The molecule has 0 radical (unpaired) electrons. The third-order valence-corrected chi connectivity index (χ3v) is 5.81. The molecule has 2 aromatic carbocycles. The van der Waals surface area contributed by atoms with Crippen LogP contribution in [0.4, 0.5) is 11.4 Å². The van der Waals surface area contributed by atoms with Gasteiger partial charge < -0.3 is 10.1 Å². The Morgan fingerprint density at radius 1 is 1.21 bits per heavy atom. The molecule has 10 heteroatoms. The maximum atomic E-state index is 12.5. The molecular formula is C23H25N5O4S. The van der Waals surface area contributed by atoms with Gasteiger partial charge in [-0.15, -0.1) is 16.8 Å². The number of hydrogen-bond donors (Lipinski definition) is 1. The molecule has 0 saturated carbocycles. The highest BCUT2D eigenvalue weighted by Gasteiger charge is 2.16. The molecule has 0 aliphatic heterocycles. The van der Waals surface area contributed by atoms with Crippen molar-refractivity contribution < 1.29 is 14.5 Å². The van der Waals surface area contributed by atoms with Crippen molar-refractivity contribution in [3.05, 3.63) is 81.7 Å². The second-order valence-corrected chi connectivity index (χ2v) is 8.39. The average molecular weight is 468 g/mol. The minimum absolute atomic E-state index is 0.0647. The van der Waals surface area contributed by atoms with Gasteiger partial charge in [-0.25, -0.2) is 0 Å². The van der Waals surface area contributed by atoms with Crippen LogP contribution in [-0.4, -0.2) is 31.3 Å². The van der Waals surface area contributed by atoms with Gasteiger partial charge in [0, 0.05) is 18.7 Å². The molecule has 1 heterocycles. The van der Waals surface area contributed by atoms with Crippen molar-refractivity contribution in [2.45, 2.75) is 39.1 Å². The summed E-state index contributed by atoms with van der Waals surface area (Å²) in [4.78, 5) is 23.0. The zero-order valence-corrected chi connectivity index (χ0v) is 19.5. The lowest BCUT2D eigenvalue weighted by molar-refractivity contribution is -0.384. The minimum atomic E-state index is -0.497. The zero-order chi connectivity index (χ0) is 24.0. The Kier molecular flexibility index (Phi) is 7.83. The number of non-ortho nitro benzene ring substituents is 1. The van der Waals surface area contributed by atoms with Crippen LogP contribution in [0.15, 0.2) is 54.2 Å². The molecule has 0 bridgehead atoms. The average Bonchev–Trinajstić information content (AvgIpc) is 3.16. The third-order valence-electron chi connectivity index (χ3n) is 4.84. The predicted molar refractivity (Wildman–Crippen MR) is 128 cm³/mol. The third kappa shape index (κ3) is 6.19. The summed E-state index contributed by atoms with van der Waals surface area (Å²) in [5.41, 5.74) is 3.19. The largest absolute Gasteiger partial charge is 0.485 e. The van der Waals surface area contributed by atoms with Crippen LogP contribution in [0.3, 0.4) is 0 Å². The summed E-state index contributed by atoms with van der Waals surface area (Å²) >= 11 is 1.22. The molecule has 1 N–H and O–H groups in total. The molecule has 1 amide bonds. The maximum absolute atomic E-state index is 12.5. The van der Waals surface area contributed by atoms with Crippen molar-refractivity contribution >= 4 is 29.0 Å². The molecule has 0 fully saturated rings. The van der Waals surface area contributed by atoms with E-state index in [2.05, 4.69) is 22.1 Å². The SMILES string of the molecule is C=CCn1c(COc2cc(C)ccc2C)nnc1SCC(=O)Nc1cc([N+](=O)[O-])ccc1C. The van der Waals surface area contributed by atoms with E-state index in [0.717, 1.165) is 22.4 Å². The highest BCUT2D eigenvalue weighted by Crippen LogP contribution is 2.24. The van der Waals surface area contributed by atoms with Gasteiger partial charge >= 0.3 is 0 Å². The fourth-order valence-corrected chi connectivity index (χ4v) is 3.79. The van der Waals surface area contributed by atoms with E-state index in [1.54, 1.807) is 19.1 Å². The number of nitrogens with zero attached hydrogens (tertiary/aromatic N) is 4. The van der Waals surface area contributed by atoms with Crippen LogP contribution < -0.4 is 10.1 Å². The first-order valence-electron chi connectivity index (χ1n) is 10.2. The second-order valence-electron chi connectivity index (χ2n) is 7.45. The number of aryl methyl sites for hydroxylation is 3. The summed E-state index contributed by atoms with van der Waals surface area (Å²) < 4.78 is 7.79. The molecular weight excluding hydrogens is 442 g/mol. The second kappa shape index (κ2) is 10.8. The number of benzene rings is 2. The highest BCUT2D eigenvalue weighted by molar-refractivity contribution is 7.99. The molecule has 0 aliphatic rings. The molecule has 1 aromatic heterocycles. The van der Waals surface area contributed by atoms with E-state index in [9.17, 15) is 14.9 Å². The van der Waals surface area contributed by atoms with Gasteiger partial charge in [0.05, 0.1) is 16.4 Å². The summed E-state index contributed by atoms with van der Waals surface area (Å²) in [6.07, 6.45) is 1.72. The van der Waals surface area contributed by atoms with Crippen LogP contribution in [0.1, 0.15) is 22.5 Å². The van der Waals surface area contributed by atoms with Gasteiger partial charge in [0.1, 0.15) is 12.4 Å². The molecule has 0 aliphatic carbocycles. The maximum Gasteiger partial charge on any atom is 0.271 e. The normalized spacial score (nSPS) is 10.6. The molecule has 172 valence electrons. The number of carbonyl (C=O) groups is 1. The summed E-state index contributed by atoms with van der Waals surface area (Å²) in [5.74, 6) is 1.16. The van der Waals surface area contributed by atoms with Crippen LogP contribution in [0.5, 0.6) is 5.75 Å². The predicted octanol–water partition coefficient (Wildman–Crippen LogP) is 4.61. The van der Waals surface area contributed by atoms with E-state index < -0.39 is 4.92 Å². The summed E-state index contributed by atoms with van der Waals surface area (Å²) in [6.45, 7) is 10.2. The number of anilines is 1. The van der Waals surface area contributed by atoms with Crippen LogP contribution in [0, 0.1) is 30.9 Å². The summed E-state index contributed by atoms with van der Waals surface area (Å²) in [5, 5.41) is 22.7. The Morgan fingerprint density at radius 3 is 2.70 bits per heavy atom. The number of thioether (sulfide) groups is 1. The van der Waals surface area contributed by atoms with E-state index in [1.807, 2.05) is 36.6 Å². The number of aromatic nitrogens is 3. The lowest BCUT2D eigenvalue weighted by Crippen LogP contribution is -2.16. The number of carbonyl (C=O) groups excluding carboxylic acids is 1. The Balaban J connectivity index is 1.66. The Morgan fingerprint density at radius 2 is 1.97 bits per heavy atom. The van der Waals surface area contributed by atoms with Gasteiger partial charge in [-0.1, -0.05) is 36.0 Å². The van der Waals surface area contributed by atoms with Crippen LogP contribution in [0.25, 0.3) is 0 Å². The Labute approximate surface area is 196 Å². The van der Waals surface area contributed by atoms with Gasteiger partial charge in [0.15, 0.2) is 11.0 Å². The topological polar surface area (TPSA) is 112 Å². The fraction of sp³-hybridized carbons (Fsp3) is 0.261. The number of hydrogen-bond acceptors (Lipinski definition) is 7. The minimum Gasteiger partial charge on any atom is -0.485 e. The van der Waals surface area contributed by atoms with Crippen molar-refractivity contribution in [2.24, 2.45) is 0 Å². The van der Waals surface area contributed by atoms with Crippen LogP contribution in [0.2, 0.25) is 0 Å². The van der Waals surface area contributed by atoms with Gasteiger partial charge in [-0.3, -0.25) is 19.5 Å². The summed E-state index contributed by atoms with van der Waals surface area (Å²) in [7, 11) is 0. The number of nitrogens with one attached hydrogen (secondary N) is 1. The lowest BCUT2D eigenvalue weighted by Gasteiger charge is -2.11. The van der Waals surface area contributed by atoms with Crippen molar-refractivity contribution in [3.63, 3.8) is 0 Å². The van der Waals surface area contributed by atoms with Crippen molar-refractivity contribution in [3.8, 4) is 5.75 Å². The van der Waals surface area contributed by atoms with Crippen molar-refractivity contribution in [1.29, 1.82) is 0 Å². The van der Waals surface area contributed by atoms with Crippen molar-refractivity contribution in [1.82, 2.24) is 14.8 Å². The molecule has 33 heavy (non-hydrogen) atoms. The van der Waals surface area contributed by atoms with Gasteiger partial charge in [-0.2, -0.15) is 0 Å². The smallest absolute Gasteiger partial charge is 0.271 e. The number of amides is 1. The first kappa shape index (κ1) is 24.0. The first-order chi connectivity index (χ1) is 15.8. The standard InChI is InChI=1S/C23H25N5O4S/c1-5-10-27-21(13-32-20-11-15(2)6-7-17(20)4)25-26-23(27)33-14-22(29)24-19-12-18(28(30)31)9-8-16(19)3/h5-9,11-12H,1,10,13-14H2,2-4H3,(H,24,29). The molecule has 0 unspecified atom stereocenters. The van der Waals surface area contributed by atoms with E-state index in [1.165, 1.54) is 23.9 Å². The zero-order valence-electron chi connectivity index (χ0n) is 18.7. The first-order valence-corrected chi connectivity index (χ1v) is 11.2. The van der Waals surface area contributed by atoms with E-state index in [-0.39, 0.29) is 24.0 Å². The van der Waals surface area contributed by atoms with Crippen LogP contribution in [-0.2, 0) is 17.9 Å². The molecule has 0 atom stereocenters. The van der Waals surface area contributed by atoms with Gasteiger partial charge in [0.2, 0.25) is 5.91 Å². The lowest BCUT2D eigenvalue weighted by atomic mass is 10.1. The number of nitro groups is 1. The molecule has 0 saturated heterocycles. The van der Waals surface area contributed by atoms with E-state index >= 15 is 0 Å². The number of nitro benzene ring substituents is 1. The molecule has 3 rings (SSSR count).